The molecule has 0 aromatic rings. The first-order valence-corrected chi connectivity index (χ1v) is 5.75. The molecule has 1 rings (SSSR count). The molecule has 0 aliphatic carbocycles. The summed E-state index contributed by atoms with van der Waals surface area (Å²) >= 11 is 1.56. The molecule has 12 heavy (non-hydrogen) atoms. The zero-order chi connectivity index (χ0) is 8.81. The Hall–Kier alpha value is -0.220. The van der Waals surface area contributed by atoms with E-state index in [0.717, 1.165) is 13.1 Å². The fraction of sp³-hybridized carbons (Fsp3) is 0.875. The van der Waals surface area contributed by atoms with E-state index in [1.807, 2.05) is 11.3 Å². The van der Waals surface area contributed by atoms with Crippen LogP contribution < -0.4 is 5.43 Å². The number of nitrogens with zero attached hydrogens (tertiary/aromatic N) is 1. The molecular weight excluding hydrogens is 172 g/mol. The van der Waals surface area contributed by atoms with Crippen molar-refractivity contribution < 1.29 is 4.79 Å². The van der Waals surface area contributed by atoms with Crippen molar-refractivity contribution >= 4 is 17.7 Å². The first kappa shape index (κ1) is 9.86. The van der Waals surface area contributed by atoms with Crippen molar-refractivity contribution in [3.05, 3.63) is 0 Å². The molecule has 0 atom stereocenters. The van der Waals surface area contributed by atoms with Crippen LogP contribution in [0.3, 0.4) is 0 Å². The number of nitrogens with one attached hydrogen (secondary N) is 1. The lowest BCUT2D eigenvalue weighted by atomic mass is 10.2. The second kappa shape index (κ2) is 5.43. The van der Waals surface area contributed by atoms with Crippen LogP contribution in [0.2, 0.25) is 0 Å². The minimum Gasteiger partial charge on any atom is -0.288 e. The van der Waals surface area contributed by atoms with Crippen LogP contribution in [0.25, 0.3) is 0 Å². The fourth-order valence-electron chi connectivity index (χ4n) is 1.35. The normalized spacial score (nSPS) is 19.1. The third-order valence-electron chi connectivity index (χ3n) is 1.91. The molecule has 4 heteroatoms. The van der Waals surface area contributed by atoms with Crippen LogP contribution in [-0.2, 0) is 4.79 Å². The summed E-state index contributed by atoms with van der Waals surface area (Å²) in [5.74, 6) is 0.695. The summed E-state index contributed by atoms with van der Waals surface area (Å²) in [6.07, 6.45) is 5.66. The van der Waals surface area contributed by atoms with Crippen LogP contribution in [-0.4, -0.2) is 36.0 Å². The molecule has 1 aliphatic rings. The number of carbonyl (C=O) groups is 1. The van der Waals surface area contributed by atoms with Crippen molar-refractivity contribution in [1.29, 1.82) is 0 Å². The van der Waals surface area contributed by atoms with E-state index >= 15 is 0 Å². The second-order valence-electron chi connectivity index (χ2n) is 3.02. The molecule has 3 nitrogen and oxygen atoms in total. The number of hydrogen-bond donors (Lipinski definition) is 1. The zero-order valence-electron chi connectivity index (χ0n) is 7.51. The van der Waals surface area contributed by atoms with E-state index in [4.69, 9.17) is 0 Å². The lowest BCUT2D eigenvalue weighted by Crippen LogP contribution is -2.45. The topological polar surface area (TPSA) is 32.3 Å². The second-order valence-corrected chi connectivity index (χ2v) is 3.88. The Kier molecular flexibility index (Phi) is 4.46. The van der Waals surface area contributed by atoms with E-state index in [1.165, 1.54) is 19.3 Å². The molecule has 1 heterocycles. The van der Waals surface area contributed by atoms with Gasteiger partial charge in [-0.15, -0.1) is 0 Å². The van der Waals surface area contributed by atoms with Crippen LogP contribution in [0.15, 0.2) is 0 Å². The highest BCUT2D eigenvalue weighted by Gasteiger charge is 2.11. The predicted molar refractivity (Wildman–Crippen MR) is 51.9 cm³/mol. The maximum absolute atomic E-state index is 11.1. The molecule has 1 aliphatic heterocycles. The van der Waals surface area contributed by atoms with E-state index in [2.05, 4.69) is 5.43 Å². The van der Waals surface area contributed by atoms with E-state index < -0.39 is 0 Å². The van der Waals surface area contributed by atoms with Crippen LogP contribution in [0.1, 0.15) is 19.3 Å². The Bertz CT molecular complexity index is 146. The SMILES string of the molecule is CSCC(=O)NN1CCCCC1. The van der Waals surface area contributed by atoms with Gasteiger partial charge in [-0.05, 0) is 19.1 Å². The van der Waals surface area contributed by atoms with Gasteiger partial charge in [0.1, 0.15) is 0 Å². The molecule has 0 saturated carbocycles. The average Bonchev–Trinajstić information content (AvgIpc) is 2.06. The molecule has 1 amide bonds. The van der Waals surface area contributed by atoms with E-state index in [0.29, 0.717) is 5.75 Å². The van der Waals surface area contributed by atoms with Gasteiger partial charge in [0.05, 0.1) is 5.75 Å². The molecule has 0 bridgehead atoms. The molecule has 0 unspecified atom stereocenters. The number of hydrogen-bond acceptors (Lipinski definition) is 3. The molecule has 1 saturated heterocycles. The Labute approximate surface area is 77.9 Å². The highest BCUT2D eigenvalue weighted by molar-refractivity contribution is 7.99. The maximum atomic E-state index is 11.1. The van der Waals surface area contributed by atoms with Gasteiger partial charge in [0, 0.05) is 13.1 Å². The molecular formula is C8H16N2OS. The molecule has 70 valence electrons. The Morgan fingerprint density at radius 2 is 2.08 bits per heavy atom. The van der Waals surface area contributed by atoms with Crippen LogP contribution in [0, 0.1) is 0 Å². The Balaban J connectivity index is 2.15. The fourth-order valence-corrected chi connectivity index (χ4v) is 1.67. The van der Waals surface area contributed by atoms with Crippen molar-refractivity contribution in [2.24, 2.45) is 0 Å². The van der Waals surface area contributed by atoms with Crippen molar-refractivity contribution in [3.63, 3.8) is 0 Å². The van der Waals surface area contributed by atoms with E-state index in [9.17, 15) is 4.79 Å². The van der Waals surface area contributed by atoms with Gasteiger partial charge in [0.15, 0.2) is 0 Å². The highest BCUT2D eigenvalue weighted by Crippen LogP contribution is 2.05. The third kappa shape index (κ3) is 3.45. The molecule has 1 N–H and O–H groups in total. The van der Waals surface area contributed by atoms with Gasteiger partial charge in [-0.2, -0.15) is 11.8 Å². The summed E-state index contributed by atoms with van der Waals surface area (Å²) in [5, 5.41) is 2.03. The van der Waals surface area contributed by atoms with Gasteiger partial charge in [-0.3, -0.25) is 10.2 Å². The average molecular weight is 188 g/mol. The van der Waals surface area contributed by atoms with Gasteiger partial charge < -0.3 is 0 Å². The number of rotatable bonds is 3. The summed E-state index contributed by atoms with van der Waals surface area (Å²) in [5.41, 5.74) is 2.89. The summed E-state index contributed by atoms with van der Waals surface area (Å²) in [4.78, 5) is 11.1. The summed E-state index contributed by atoms with van der Waals surface area (Å²) in [7, 11) is 0. The molecule has 0 aromatic heterocycles. The molecule has 0 radical (unpaired) electrons. The van der Waals surface area contributed by atoms with Gasteiger partial charge in [0.25, 0.3) is 0 Å². The van der Waals surface area contributed by atoms with Gasteiger partial charge in [-0.25, -0.2) is 5.01 Å². The number of piperidine rings is 1. The van der Waals surface area contributed by atoms with E-state index in [1.54, 1.807) is 11.8 Å². The summed E-state index contributed by atoms with van der Waals surface area (Å²) in [6.45, 7) is 2.03. The number of carbonyl (C=O) groups excluding carboxylic acids is 1. The van der Waals surface area contributed by atoms with Crippen LogP contribution in [0.5, 0.6) is 0 Å². The summed E-state index contributed by atoms with van der Waals surface area (Å²) < 4.78 is 0. The van der Waals surface area contributed by atoms with Crippen LogP contribution in [0.4, 0.5) is 0 Å². The quantitative estimate of drug-likeness (QED) is 0.713. The number of thioether (sulfide) groups is 1. The third-order valence-corrected chi connectivity index (χ3v) is 2.47. The molecule has 0 aromatic carbocycles. The predicted octanol–water partition coefficient (Wildman–Crippen LogP) is 0.866. The lowest BCUT2D eigenvalue weighted by Gasteiger charge is -2.26. The standard InChI is InChI=1S/C8H16N2OS/c1-12-7-8(11)9-10-5-3-2-4-6-10/h2-7H2,1H3,(H,9,11). The highest BCUT2D eigenvalue weighted by atomic mass is 32.2. The summed E-state index contributed by atoms with van der Waals surface area (Å²) in [6, 6.07) is 0. The first-order chi connectivity index (χ1) is 5.83. The van der Waals surface area contributed by atoms with Crippen molar-refractivity contribution in [2.75, 3.05) is 25.1 Å². The number of hydrazine groups is 1. The maximum Gasteiger partial charge on any atom is 0.244 e. The Morgan fingerprint density at radius 1 is 1.42 bits per heavy atom. The van der Waals surface area contributed by atoms with E-state index in [-0.39, 0.29) is 5.91 Å². The van der Waals surface area contributed by atoms with Gasteiger partial charge in [0.2, 0.25) is 5.91 Å². The minimum atomic E-state index is 0.129. The first-order valence-electron chi connectivity index (χ1n) is 4.36. The van der Waals surface area contributed by atoms with Crippen LogP contribution >= 0.6 is 11.8 Å². The van der Waals surface area contributed by atoms with Crippen molar-refractivity contribution in [2.45, 2.75) is 19.3 Å². The monoisotopic (exact) mass is 188 g/mol. The zero-order valence-corrected chi connectivity index (χ0v) is 8.32. The largest absolute Gasteiger partial charge is 0.288 e. The van der Waals surface area contributed by atoms with Gasteiger partial charge >= 0.3 is 0 Å². The minimum absolute atomic E-state index is 0.129. The van der Waals surface area contributed by atoms with Crippen molar-refractivity contribution in [1.82, 2.24) is 10.4 Å². The smallest absolute Gasteiger partial charge is 0.244 e. The lowest BCUT2D eigenvalue weighted by molar-refractivity contribution is -0.123. The molecule has 1 fully saturated rings. The number of amides is 1. The Morgan fingerprint density at radius 3 is 2.67 bits per heavy atom. The van der Waals surface area contributed by atoms with Gasteiger partial charge in [-0.1, -0.05) is 6.42 Å². The molecule has 0 spiro atoms. The van der Waals surface area contributed by atoms with Crippen molar-refractivity contribution in [3.8, 4) is 0 Å².